The van der Waals surface area contributed by atoms with Crippen molar-refractivity contribution in [3.05, 3.63) is 88.1 Å². The van der Waals surface area contributed by atoms with Gasteiger partial charge in [-0.05, 0) is 30.3 Å². The Morgan fingerprint density at radius 2 is 2.04 bits per heavy atom. The summed E-state index contributed by atoms with van der Waals surface area (Å²) < 4.78 is 13.4. The average Bonchev–Trinajstić information content (AvgIpc) is 3.15. The van der Waals surface area contributed by atoms with Crippen LogP contribution in [0, 0.1) is 15.9 Å². The molecule has 0 saturated heterocycles. The minimum Gasteiger partial charge on any atom is -0.280 e. The van der Waals surface area contributed by atoms with Crippen molar-refractivity contribution in [3.8, 4) is 11.3 Å². The Labute approximate surface area is 158 Å². The summed E-state index contributed by atoms with van der Waals surface area (Å²) >= 11 is 1.25. The molecule has 0 unspecified atom stereocenters. The van der Waals surface area contributed by atoms with Crippen LogP contribution in [-0.4, -0.2) is 22.4 Å². The molecule has 8 heteroatoms. The van der Waals surface area contributed by atoms with E-state index in [1.807, 2.05) is 0 Å². The van der Waals surface area contributed by atoms with Crippen LogP contribution in [0.25, 0.3) is 11.3 Å². The molecule has 1 aromatic heterocycles. The highest BCUT2D eigenvalue weighted by Crippen LogP contribution is 2.29. The third-order valence-electron chi connectivity index (χ3n) is 3.73. The van der Waals surface area contributed by atoms with Gasteiger partial charge < -0.3 is 0 Å². The number of benzene rings is 2. The SMILES string of the molecule is C=CCN(C(=O)c1cccc(F)c1)c1nc(-c2ccc([N+](=O)[O-])cc2)cs1. The lowest BCUT2D eigenvalue weighted by Crippen LogP contribution is -2.31. The summed E-state index contributed by atoms with van der Waals surface area (Å²) in [6.07, 6.45) is 1.56. The Bertz CT molecular complexity index is 1000. The average molecular weight is 383 g/mol. The van der Waals surface area contributed by atoms with E-state index in [0.29, 0.717) is 16.4 Å². The number of nitrogens with zero attached hydrogens (tertiary/aromatic N) is 3. The summed E-state index contributed by atoms with van der Waals surface area (Å²) in [5, 5.41) is 12.9. The van der Waals surface area contributed by atoms with Crippen LogP contribution >= 0.6 is 11.3 Å². The first-order chi connectivity index (χ1) is 13.0. The highest BCUT2D eigenvalue weighted by Gasteiger charge is 2.20. The topological polar surface area (TPSA) is 76.3 Å². The number of amides is 1. The molecule has 3 aromatic rings. The fourth-order valence-electron chi connectivity index (χ4n) is 2.43. The zero-order chi connectivity index (χ0) is 19.4. The molecule has 0 fully saturated rings. The number of nitro groups is 1. The molecule has 27 heavy (non-hydrogen) atoms. The van der Waals surface area contributed by atoms with Gasteiger partial charge in [-0.3, -0.25) is 19.8 Å². The maximum Gasteiger partial charge on any atom is 0.269 e. The Hall–Kier alpha value is -3.39. The minimum atomic E-state index is -0.495. The smallest absolute Gasteiger partial charge is 0.269 e. The van der Waals surface area contributed by atoms with Crippen LogP contribution in [0.3, 0.4) is 0 Å². The van der Waals surface area contributed by atoms with Gasteiger partial charge in [0.2, 0.25) is 0 Å². The van der Waals surface area contributed by atoms with Gasteiger partial charge in [0.25, 0.3) is 11.6 Å². The maximum absolute atomic E-state index is 13.4. The molecule has 0 N–H and O–H groups in total. The van der Waals surface area contributed by atoms with Gasteiger partial charge in [0, 0.05) is 35.2 Å². The third-order valence-corrected chi connectivity index (χ3v) is 4.59. The minimum absolute atomic E-state index is 0.0104. The normalized spacial score (nSPS) is 10.4. The van der Waals surface area contributed by atoms with E-state index in [1.165, 1.54) is 52.6 Å². The monoisotopic (exact) mass is 383 g/mol. The van der Waals surface area contributed by atoms with Crippen LogP contribution in [-0.2, 0) is 0 Å². The standard InChI is InChI=1S/C19H14FN3O3S/c1-2-10-22(18(24)14-4-3-5-15(20)11-14)19-21-17(12-27-19)13-6-8-16(9-7-13)23(25)26/h2-9,11-12H,1,10H2. The Balaban J connectivity index is 1.90. The lowest BCUT2D eigenvalue weighted by molar-refractivity contribution is -0.384. The molecule has 0 bridgehead atoms. The van der Waals surface area contributed by atoms with E-state index in [9.17, 15) is 19.3 Å². The summed E-state index contributed by atoms with van der Waals surface area (Å²) in [4.78, 5) is 28.9. The van der Waals surface area contributed by atoms with E-state index < -0.39 is 10.7 Å². The van der Waals surface area contributed by atoms with Gasteiger partial charge in [0.15, 0.2) is 5.13 Å². The number of rotatable bonds is 6. The Morgan fingerprint density at radius 3 is 2.67 bits per heavy atom. The van der Waals surface area contributed by atoms with Crippen molar-refractivity contribution in [2.24, 2.45) is 0 Å². The van der Waals surface area contributed by atoms with Crippen LogP contribution in [0.15, 0.2) is 66.6 Å². The zero-order valence-electron chi connectivity index (χ0n) is 14.0. The van der Waals surface area contributed by atoms with Crippen LogP contribution in [0.4, 0.5) is 15.2 Å². The van der Waals surface area contributed by atoms with Gasteiger partial charge in [-0.15, -0.1) is 17.9 Å². The molecular formula is C19H14FN3O3S. The molecule has 0 radical (unpaired) electrons. The number of anilines is 1. The molecule has 0 saturated carbocycles. The van der Waals surface area contributed by atoms with Crippen LogP contribution in [0.1, 0.15) is 10.4 Å². The lowest BCUT2D eigenvalue weighted by atomic mass is 10.1. The summed E-state index contributed by atoms with van der Waals surface area (Å²) in [7, 11) is 0. The molecule has 0 aliphatic rings. The first-order valence-corrected chi connectivity index (χ1v) is 8.76. The number of carbonyl (C=O) groups excluding carboxylic acids is 1. The summed E-state index contributed by atoms with van der Waals surface area (Å²) in [5.41, 5.74) is 1.48. The second-order valence-electron chi connectivity index (χ2n) is 5.53. The Morgan fingerprint density at radius 1 is 1.30 bits per heavy atom. The van der Waals surface area contributed by atoms with E-state index in [-0.39, 0.29) is 23.7 Å². The van der Waals surface area contributed by atoms with E-state index in [2.05, 4.69) is 11.6 Å². The molecule has 2 aromatic carbocycles. The van der Waals surface area contributed by atoms with Crippen molar-refractivity contribution in [2.75, 3.05) is 11.4 Å². The van der Waals surface area contributed by atoms with Gasteiger partial charge in [-0.2, -0.15) is 0 Å². The fraction of sp³-hybridized carbons (Fsp3) is 0.0526. The van der Waals surface area contributed by atoms with Crippen molar-refractivity contribution in [1.29, 1.82) is 0 Å². The van der Waals surface area contributed by atoms with Crippen molar-refractivity contribution >= 4 is 28.1 Å². The van der Waals surface area contributed by atoms with Gasteiger partial charge in [-0.25, -0.2) is 9.37 Å². The van der Waals surface area contributed by atoms with Gasteiger partial charge in [-0.1, -0.05) is 12.1 Å². The summed E-state index contributed by atoms with van der Waals surface area (Å²) in [5.74, 6) is -0.885. The molecule has 6 nitrogen and oxygen atoms in total. The number of carbonyl (C=O) groups is 1. The molecule has 0 atom stereocenters. The Kier molecular flexibility index (Phi) is 5.37. The lowest BCUT2D eigenvalue weighted by Gasteiger charge is -2.18. The van der Waals surface area contributed by atoms with Crippen molar-refractivity contribution < 1.29 is 14.1 Å². The van der Waals surface area contributed by atoms with Crippen molar-refractivity contribution in [2.45, 2.75) is 0 Å². The number of nitro benzene ring substituents is 1. The second-order valence-corrected chi connectivity index (χ2v) is 6.37. The molecule has 0 aliphatic carbocycles. The molecule has 3 rings (SSSR count). The highest BCUT2D eigenvalue weighted by atomic mass is 32.1. The van der Waals surface area contributed by atoms with Crippen LogP contribution in [0.2, 0.25) is 0 Å². The number of thiazole rings is 1. The maximum atomic E-state index is 13.4. The number of aromatic nitrogens is 1. The number of hydrogen-bond acceptors (Lipinski definition) is 5. The largest absolute Gasteiger partial charge is 0.280 e. The molecule has 0 spiro atoms. The summed E-state index contributed by atoms with van der Waals surface area (Å²) in [6, 6.07) is 11.4. The number of hydrogen-bond donors (Lipinski definition) is 0. The first-order valence-electron chi connectivity index (χ1n) is 7.88. The van der Waals surface area contributed by atoms with Gasteiger partial charge >= 0.3 is 0 Å². The van der Waals surface area contributed by atoms with E-state index in [4.69, 9.17) is 0 Å². The quantitative estimate of drug-likeness (QED) is 0.351. The predicted molar refractivity (Wildman–Crippen MR) is 102 cm³/mol. The predicted octanol–water partition coefficient (Wildman–Crippen LogP) is 4.69. The van der Waals surface area contributed by atoms with Crippen LogP contribution < -0.4 is 4.90 Å². The van der Waals surface area contributed by atoms with Crippen LogP contribution in [0.5, 0.6) is 0 Å². The van der Waals surface area contributed by atoms with E-state index in [0.717, 1.165) is 0 Å². The molecule has 136 valence electrons. The zero-order valence-corrected chi connectivity index (χ0v) is 14.9. The van der Waals surface area contributed by atoms with E-state index >= 15 is 0 Å². The molecular weight excluding hydrogens is 369 g/mol. The molecule has 1 amide bonds. The van der Waals surface area contributed by atoms with Gasteiger partial charge in [0.1, 0.15) is 5.82 Å². The highest BCUT2D eigenvalue weighted by molar-refractivity contribution is 7.14. The number of non-ortho nitro benzene ring substituents is 1. The number of halogens is 1. The van der Waals surface area contributed by atoms with Gasteiger partial charge in [0.05, 0.1) is 10.6 Å². The fourth-order valence-corrected chi connectivity index (χ4v) is 3.27. The van der Waals surface area contributed by atoms with E-state index in [1.54, 1.807) is 23.6 Å². The molecule has 1 heterocycles. The first kappa shape index (κ1) is 18.4. The third kappa shape index (κ3) is 4.06. The summed E-state index contributed by atoms with van der Waals surface area (Å²) in [6.45, 7) is 3.87. The van der Waals surface area contributed by atoms with Crippen molar-refractivity contribution in [3.63, 3.8) is 0 Å². The second kappa shape index (κ2) is 7.88. The molecule has 0 aliphatic heterocycles. The van der Waals surface area contributed by atoms with Crippen molar-refractivity contribution in [1.82, 2.24) is 4.98 Å².